The minimum absolute atomic E-state index is 0.0771. The van der Waals surface area contributed by atoms with Gasteiger partial charge in [0.25, 0.3) is 0 Å². The number of benzene rings is 3. The summed E-state index contributed by atoms with van der Waals surface area (Å²) in [5.41, 5.74) is 1.70. The second-order valence-corrected chi connectivity index (χ2v) is 6.82. The lowest BCUT2D eigenvalue weighted by atomic mass is 10.1. The van der Waals surface area contributed by atoms with Crippen molar-refractivity contribution >= 4 is 28.5 Å². The number of rotatable bonds is 5. The molecule has 0 amide bonds. The smallest absolute Gasteiger partial charge is 0.335 e. The van der Waals surface area contributed by atoms with Gasteiger partial charge in [0.2, 0.25) is 11.2 Å². The van der Waals surface area contributed by atoms with Crippen molar-refractivity contribution < 1.29 is 19.1 Å². The molecular formula is C23H15ClO5. The molecule has 29 heavy (non-hydrogen) atoms. The average molecular weight is 407 g/mol. The van der Waals surface area contributed by atoms with Crippen LogP contribution in [0, 0.1) is 0 Å². The van der Waals surface area contributed by atoms with Gasteiger partial charge >= 0.3 is 5.97 Å². The molecule has 6 heteroatoms. The Hall–Kier alpha value is -3.57. The van der Waals surface area contributed by atoms with E-state index in [-0.39, 0.29) is 23.3 Å². The number of halogens is 1. The molecule has 0 atom stereocenters. The van der Waals surface area contributed by atoms with Crippen LogP contribution >= 0.6 is 11.6 Å². The number of ether oxygens (including phenoxy) is 1. The highest BCUT2D eigenvalue weighted by molar-refractivity contribution is 6.31. The van der Waals surface area contributed by atoms with E-state index in [1.807, 2.05) is 30.3 Å². The Bertz CT molecular complexity index is 1240. The Morgan fingerprint density at radius 3 is 2.41 bits per heavy atom. The summed E-state index contributed by atoms with van der Waals surface area (Å²) in [7, 11) is 0. The molecule has 0 spiro atoms. The fourth-order valence-corrected chi connectivity index (χ4v) is 3.13. The Labute approximate surface area is 170 Å². The van der Waals surface area contributed by atoms with Gasteiger partial charge in [0, 0.05) is 10.6 Å². The van der Waals surface area contributed by atoms with Crippen molar-refractivity contribution in [3.05, 3.63) is 99.2 Å². The summed E-state index contributed by atoms with van der Waals surface area (Å²) in [6, 6.07) is 20.3. The molecular weight excluding hydrogens is 392 g/mol. The van der Waals surface area contributed by atoms with Gasteiger partial charge in [-0.05, 0) is 35.9 Å². The average Bonchev–Trinajstić information content (AvgIpc) is 2.74. The quantitative estimate of drug-likeness (QED) is 0.480. The second kappa shape index (κ2) is 7.81. The van der Waals surface area contributed by atoms with Crippen LogP contribution in [0.1, 0.15) is 15.9 Å². The molecule has 144 valence electrons. The highest BCUT2D eigenvalue weighted by Crippen LogP contribution is 2.32. The highest BCUT2D eigenvalue weighted by Gasteiger charge is 2.18. The van der Waals surface area contributed by atoms with E-state index in [9.17, 15) is 9.59 Å². The Morgan fingerprint density at radius 1 is 1.00 bits per heavy atom. The third-order valence-electron chi connectivity index (χ3n) is 4.43. The van der Waals surface area contributed by atoms with Gasteiger partial charge in [-0.25, -0.2) is 4.79 Å². The van der Waals surface area contributed by atoms with Crippen LogP contribution in [0.2, 0.25) is 5.02 Å². The van der Waals surface area contributed by atoms with E-state index in [1.165, 1.54) is 12.1 Å². The summed E-state index contributed by atoms with van der Waals surface area (Å²) >= 11 is 6.04. The molecule has 0 saturated heterocycles. The van der Waals surface area contributed by atoms with Crippen molar-refractivity contribution in [3.8, 4) is 17.1 Å². The fourth-order valence-electron chi connectivity index (χ4n) is 2.96. The predicted molar refractivity (Wildman–Crippen MR) is 111 cm³/mol. The van der Waals surface area contributed by atoms with Crippen LogP contribution < -0.4 is 10.2 Å². The molecule has 0 radical (unpaired) electrons. The Morgan fingerprint density at radius 2 is 1.72 bits per heavy atom. The number of fused-ring (bicyclic) bond motifs is 1. The van der Waals surface area contributed by atoms with Gasteiger partial charge in [0.15, 0.2) is 5.76 Å². The van der Waals surface area contributed by atoms with Crippen molar-refractivity contribution in [1.82, 2.24) is 0 Å². The van der Waals surface area contributed by atoms with E-state index in [2.05, 4.69) is 0 Å². The SMILES string of the molecule is O=C(O)c1ccc(COc2c(-c3ccccc3)oc3ccc(Cl)cc3c2=O)cc1. The van der Waals surface area contributed by atoms with Crippen molar-refractivity contribution in [3.63, 3.8) is 0 Å². The van der Waals surface area contributed by atoms with Gasteiger partial charge in [-0.2, -0.15) is 0 Å². The number of carbonyl (C=O) groups is 1. The first kappa shape index (κ1) is 18.8. The van der Waals surface area contributed by atoms with Crippen LogP contribution in [-0.4, -0.2) is 11.1 Å². The van der Waals surface area contributed by atoms with E-state index in [4.69, 9.17) is 25.9 Å². The Kier molecular flexibility index (Phi) is 5.06. The minimum atomic E-state index is -1.00. The van der Waals surface area contributed by atoms with Gasteiger partial charge in [-0.15, -0.1) is 0 Å². The van der Waals surface area contributed by atoms with Crippen LogP contribution in [0.4, 0.5) is 0 Å². The molecule has 4 aromatic rings. The predicted octanol–water partition coefficient (Wildman–Crippen LogP) is 5.39. The molecule has 0 aliphatic carbocycles. The molecule has 0 aliphatic rings. The molecule has 0 bridgehead atoms. The summed E-state index contributed by atoms with van der Waals surface area (Å²) < 4.78 is 11.9. The van der Waals surface area contributed by atoms with Gasteiger partial charge in [0.1, 0.15) is 12.2 Å². The van der Waals surface area contributed by atoms with Crippen molar-refractivity contribution in [2.75, 3.05) is 0 Å². The zero-order valence-electron chi connectivity index (χ0n) is 15.1. The van der Waals surface area contributed by atoms with E-state index >= 15 is 0 Å². The topological polar surface area (TPSA) is 76.7 Å². The fraction of sp³-hybridized carbons (Fsp3) is 0.0435. The van der Waals surface area contributed by atoms with Crippen molar-refractivity contribution in [2.45, 2.75) is 6.61 Å². The third kappa shape index (κ3) is 3.86. The minimum Gasteiger partial charge on any atom is -0.481 e. The monoisotopic (exact) mass is 406 g/mol. The van der Waals surface area contributed by atoms with Crippen LogP contribution in [0.25, 0.3) is 22.3 Å². The molecule has 5 nitrogen and oxygen atoms in total. The Balaban J connectivity index is 1.77. The van der Waals surface area contributed by atoms with E-state index < -0.39 is 5.97 Å². The summed E-state index contributed by atoms with van der Waals surface area (Å²) in [6.45, 7) is 0.0799. The summed E-state index contributed by atoms with van der Waals surface area (Å²) in [4.78, 5) is 24.1. The first-order chi connectivity index (χ1) is 14.0. The van der Waals surface area contributed by atoms with E-state index in [0.717, 1.165) is 5.56 Å². The van der Waals surface area contributed by atoms with Crippen LogP contribution in [0.5, 0.6) is 5.75 Å². The number of carboxylic acids is 1. The third-order valence-corrected chi connectivity index (χ3v) is 4.67. The first-order valence-corrected chi connectivity index (χ1v) is 9.17. The van der Waals surface area contributed by atoms with Crippen LogP contribution in [0.15, 0.2) is 82.0 Å². The van der Waals surface area contributed by atoms with Crippen molar-refractivity contribution in [2.24, 2.45) is 0 Å². The lowest BCUT2D eigenvalue weighted by Gasteiger charge is -2.12. The van der Waals surface area contributed by atoms with Gasteiger partial charge in [-0.1, -0.05) is 54.1 Å². The molecule has 0 fully saturated rings. The molecule has 3 aromatic carbocycles. The number of hydrogen-bond donors (Lipinski definition) is 1. The summed E-state index contributed by atoms with van der Waals surface area (Å²) in [6.07, 6.45) is 0. The van der Waals surface area contributed by atoms with Crippen LogP contribution in [-0.2, 0) is 6.61 Å². The summed E-state index contributed by atoms with van der Waals surface area (Å²) in [5.74, 6) is -0.600. The van der Waals surface area contributed by atoms with E-state index in [1.54, 1.807) is 30.3 Å². The second-order valence-electron chi connectivity index (χ2n) is 6.39. The number of hydrogen-bond acceptors (Lipinski definition) is 4. The maximum absolute atomic E-state index is 13.1. The standard InChI is InChI=1S/C23H15ClO5/c24-17-10-11-19-18(12-17)20(25)22(21(29-19)15-4-2-1-3-5-15)28-13-14-6-8-16(9-7-14)23(26)27/h1-12H,13H2,(H,26,27). The maximum atomic E-state index is 13.1. The zero-order chi connectivity index (χ0) is 20.4. The van der Waals surface area contributed by atoms with E-state index in [0.29, 0.717) is 27.3 Å². The highest BCUT2D eigenvalue weighted by atomic mass is 35.5. The molecule has 0 saturated carbocycles. The zero-order valence-corrected chi connectivity index (χ0v) is 15.8. The lowest BCUT2D eigenvalue weighted by Crippen LogP contribution is -2.10. The molecule has 1 aromatic heterocycles. The molecule has 1 N–H and O–H groups in total. The normalized spacial score (nSPS) is 10.8. The largest absolute Gasteiger partial charge is 0.481 e. The molecule has 0 unspecified atom stereocenters. The maximum Gasteiger partial charge on any atom is 0.335 e. The van der Waals surface area contributed by atoms with Crippen LogP contribution in [0.3, 0.4) is 0 Å². The lowest BCUT2D eigenvalue weighted by molar-refractivity contribution is 0.0697. The van der Waals surface area contributed by atoms with Gasteiger partial charge in [0.05, 0.1) is 10.9 Å². The first-order valence-electron chi connectivity index (χ1n) is 8.80. The summed E-state index contributed by atoms with van der Waals surface area (Å²) in [5, 5.41) is 9.76. The van der Waals surface area contributed by atoms with Crippen molar-refractivity contribution in [1.29, 1.82) is 0 Å². The number of carboxylic acid groups (broad SMARTS) is 1. The molecule has 1 heterocycles. The van der Waals surface area contributed by atoms with Gasteiger partial charge < -0.3 is 14.3 Å². The number of aromatic carboxylic acids is 1. The molecule has 4 rings (SSSR count). The van der Waals surface area contributed by atoms with Gasteiger partial charge in [-0.3, -0.25) is 4.79 Å². The molecule has 0 aliphatic heterocycles.